The van der Waals surface area contributed by atoms with Crippen LogP contribution in [0.25, 0.3) is 0 Å². The fraction of sp³-hybridized carbons (Fsp3) is 0.278. The Labute approximate surface area is 124 Å². The first-order chi connectivity index (χ1) is 10.2. The summed E-state index contributed by atoms with van der Waals surface area (Å²) in [5, 5.41) is 12.4. The molecule has 0 spiro atoms. The summed E-state index contributed by atoms with van der Waals surface area (Å²) < 4.78 is 13.4. The zero-order valence-corrected chi connectivity index (χ0v) is 11.9. The maximum absolute atomic E-state index is 13.4. The Morgan fingerprint density at radius 2 is 1.90 bits per heavy atom. The van der Waals surface area contributed by atoms with Crippen LogP contribution in [0.1, 0.15) is 35.6 Å². The van der Waals surface area contributed by atoms with Crippen LogP contribution in [-0.2, 0) is 0 Å². The van der Waals surface area contributed by atoms with E-state index in [1.165, 1.54) is 30.0 Å². The molecule has 1 saturated carbocycles. The summed E-state index contributed by atoms with van der Waals surface area (Å²) in [7, 11) is 0. The van der Waals surface area contributed by atoms with Crippen LogP contribution in [0.15, 0.2) is 42.5 Å². The number of rotatable bonds is 4. The highest BCUT2D eigenvalue weighted by Gasteiger charge is 2.32. The van der Waals surface area contributed by atoms with Gasteiger partial charge in [0.1, 0.15) is 11.9 Å². The fourth-order valence-corrected chi connectivity index (χ4v) is 2.56. The molecule has 106 valence electrons. The Morgan fingerprint density at radius 1 is 1.19 bits per heavy atom. The molecular weight excluding hydrogens is 263 g/mol. The molecule has 0 aliphatic heterocycles. The van der Waals surface area contributed by atoms with E-state index in [1.807, 2.05) is 6.07 Å². The maximum atomic E-state index is 13.4. The molecule has 0 aromatic heterocycles. The molecule has 2 aromatic rings. The van der Waals surface area contributed by atoms with Crippen LogP contribution in [0.3, 0.4) is 0 Å². The second kappa shape index (κ2) is 5.57. The molecule has 1 aliphatic rings. The summed E-state index contributed by atoms with van der Waals surface area (Å²) in [6, 6.07) is 15.2. The molecular formula is C18H17FN2. The standard InChI is InChI=1S/C18H17FN2/c1-12-2-4-13(5-3-12)18(14-6-7-14)21-16-8-9-17(19)15(10-16)11-20/h2-5,8-10,14,18,21H,6-7H2,1H3. The molecule has 1 atom stereocenters. The van der Waals surface area contributed by atoms with E-state index in [1.54, 1.807) is 12.1 Å². The average Bonchev–Trinajstić information content (AvgIpc) is 3.32. The molecule has 0 bridgehead atoms. The van der Waals surface area contributed by atoms with Crippen molar-refractivity contribution in [2.45, 2.75) is 25.8 Å². The highest BCUT2D eigenvalue weighted by Crippen LogP contribution is 2.43. The van der Waals surface area contributed by atoms with Gasteiger partial charge in [-0.15, -0.1) is 0 Å². The third-order valence-corrected chi connectivity index (χ3v) is 3.94. The highest BCUT2D eigenvalue weighted by molar-refractivity contribution is 5.51. The Balaban J connectivity index is 1.86. The molecule has 0 radical (unpaired) electrons. The Bertz CT molecular complexity index is 681. The number of halogens is 1. The third-order valence-electron chi connectivity index (χ3n) is 3.94. The summed E-state index contributed by atoms with van der Waals surface area (Å²) in [4.78, 5) is 0. The Morgan fingerprint density at radius 3 is 2.52 bits per heavy atom. The third kappa shape index (κ3) is 3.05. The fourth-order valence-electron chi connectivity index (χ4n) is 2.56. The lowest BCUT2D eigenvalue weighted by atomic mass is 10.0. The smallest absolute Gasteiger partial charge is 0.141 e. The number of aryl methyl sites for hydroxylation is 1. The molecule has 0 saturated heterocycles. The lowest BCUT2D eigenvalue weighted by Gasteiger charge is -2.20. The monoisotopic (exact) mass is 280 g/mol. The average molecular weight is 280 g/mol. The van der Waals surface area contributed by atoms with Crippen LogP contribution in [-0.4, -0.2) is 0 Å². The second-order valence-electron chi connectivity index (χ2n) is 5.68. The highest BCUT2D eigenvalue weighted by atomic mass is 19.1. The summed E-state index contributed by atoms with van der Waals surface area (Å²) in [6.07, 6.45) is 2.41. The zero-order valence-electron chi connectivity index (χ0n) is 11.9. The van der Waals surface area contributed by atoms with Crippen LogP contribution in [0.4, 0.5) is 10.1 Å². The van der Waals surface area contributed by atoms with Crippen molar-refractivity contribution in [1.82, 2.24) is 0 Å². The van der Waals surface area contributed by atoms with Crippen molar-refractivity contribution in [1.29, 1.82) is 5.26 Å². The first kappa shape index (κ1) is 13.6. The van der Waals surface area contributed by atoms with Gasteiger partial charge >= 0.3 is 0 Å². The van der Waals surface area contributed by atoms with Crippen molar-refractivity contribution in [3.63, 3.8) is 0 Å². The van der Waals surface area contributed by atoms with Crippen molar-refractivity contribution >= 4 is 5.69 Å². The number of hydrogen-bond donors (Lipinski definition) is 1. The number of nitrogens with one attached hydrogen (secondary N) is 1. The van der Waals surface area contributed by atoms with Crippen molar-refractivity contribution in [3.8, 4) is 6.07 Å². The van der Waals surface area contributed by atoms with Crippen molar-refractivity contribution in [2.24, 2.45) is 5.92 Å². The van der Waals surface area contributed by atoms with Gasteiger partial charge in [-0.05, 0) is 49.4 Å². The molecule has 3 rings (SSSR count). The van der Waals surface area contributed by atoms with Crippen LogP contribution in [0.2, 0.25) is 0 Å². The second-order valence-corrected chi connectivity index (χ2v) is 5.68. The van der Waals surface area contributed by atoms with Crippen LogP contribution in [0, 0.1) is 30.0 Å². The van der Waals surface area contributed by atoms with Crippen LogP contribution >= 0.6 is 0 Å². The molecule has 2 nitrogen and oxygen atoms in total. The molecule has 21 heavy (non-hydrogen) atoms. The van der Waals surface area contributed by atoms with E-state index in [0.29, 0.717) is 5.92 Å². The number of hydrogen-bond acceptors (Lipinski definition) is 2. The minimum absolute atomic E-state index is 0.0819. The SMILES string of the molecule is Cc1ccc(C(Nc2ccc(F)c(C#N)c2)C2CC2)cc1. The molecule has 0 amide bonds. The normalized spacial score (nSPS) is 15.3. The summed E-state index contributed by atoms with van der Waals surface area (Å²) in [6.45, 7) is 2.07. The molecule has 0 heterocycles. The molecule has 2 aromatic carbocycles. The van der Waals surface area contributed by atoms with E-state index in [9.17, 15) is 4.39 Å². The lowest BCUT2D eigenvalue weighted by Crippen LogP contribution is -2.13. The van der Waals surface area contributed by atoms with Gasteiger partial charge in [-0.25, -0.2) is 4.39 Å². The van der Waals surface area contributed by atoms with E-state index in [2.05, 4.69) is 36.5 Å². The van der Waals surface area contributed by atoms with Gasteiger partial charge in [0.2, 0.25) is 0 Å². The van der Waals surface area contributed by atoms with Gasteiger partial charge in [-0.2, -0.15) is 5.26 Å². The van der Waals surface area contributed by atoms with Crippen molar-refractivity contribution in [3.05, 3.63) is 65.0 Å². The predicted octanol–water partition coefficient (Wildman–Crippen LogP) is 4.57. The number of nitrogens with zero attached hydrogens (tertiary/aromatic N) is 1. The summed E-state index contributed by atoms with van der Waals surface area (Å²) in [5.74, 6) is 0.143. The van der Waals surface area contributed by atoms with E-state index >= 15 is 0 Å². The van der Waals surface area contributed by atoms with E-state index < -0.39 is 5.82 Å². The lowest BCUT2D eigenvalue weighted by molar-refractivity contribution is 0.623. The molecule has 3 heteroatoms. The topological polar surface area (TPSA) is 35.8 Å². The van der Waals surface area contributed by atoms with Gasteiger partial charge in [0.05, 0.1) is 11.6 Å². The molecule has 1 aliphatic carbocycles. The van der Waals surface area contributed by atoms with E-state index in [0.717, 1.165) is 5.69 Å². The van der Waals surface area contributed by atoms with Gasteiger partial charge in [0, 0.05) is 5.69 Å². The van der Waals surface area contributed by atoms with Gasteiger partial charge in [0.15, 0.2) is 0 Å². The van der Waals surface area contributed by atoms with Gasteiger partial charge in [-0.3, -0.25) is 0 Å². The summed E-state index contributed by atoms with van der Waals surface area (Å²) in [5.41, 5.74) is 3.36. The first-order valence-electron chi connectivity index (χ1n) is 7.20. The Hall–Kier alpha value is -2.34. The number of benzene rings is 2. The largest absolute Gasteiger partial charge is 0.378 e. The van der Waals surface area contributed by atoms with Crippen LogP contribution < -0.4 is 5.32 Å². The summed E-state index contributed by atoms with van der Waals surface area (Å²) >= 11 is 0. The van der Waals surface area contributed by atoms with E-state index in [4.69, 9.17) is 5.26 Å². The minimum Gasteiger partial charge on any atom is -0.378 e. The quantitative estimate of drug-likeness (QED) is 0.890. The first-order valence-corrected chi connectivity index (χ1v) is 7.20. The molecule has 1 unspecified atom stereocenters. The van der Waals surface area contributed by atoms with Gasteiger partial charge < -0.3 is 5.32 Å². The van der Waals surface area contributed by atoms with Crippen LogP contribution in [0.5, 0.6) is 0 Å². The molecule has 1 fully saturated rings. The van der Waals surface area contributed by atoms with Gasteiger partial charge in [0.25, 0.3) is 0 Å². The zero-order chi connectivity index (χ0) is 14.8. The minimum atomic E-state index is -0.471. The maximum Gasteiger partial charge on any atom is 0.141 e. The van der Waals surface area contributed by atoms with E-state index in [-0.39, 0.29) is 11.6 Å². The van der Waals surface area contributed by atoms with Crippen molar-refractivity contribution in [2.75, 3.05) is 5.32 Å². The number of anilines is 1. The molecule has 1 N–H and O–H groups in total. The predicted molar refractivity (Wildman–Crippen MR) is 81.4 cm³/mol. The Kier molecular flexibility index (Phi) is 3.62. The van der Waals surface area contributed by atoms with Crippen molar-refractivity contribution < 1.29 is 4.39 Å². The number of nitriles is 1. The van der Waals surface area contributed by atoms with Gasteiger partial charge in [-0.1, -0.05) is 29.8 Å².